The van der Waals surface area contributed by atoms with Crippen LogP contribution in [0.1, 0.15) is 11.8 Å². The van der Waals surface area contributed by atoms with Crippen LogP contribution in [-0.2, 0) is 10.0 Å². The highest BCUT2D eigenvalue weighted by Gasteiger charge is 2.18. The fourth-order valence-electron chi connectivity index (χ4n) is 1.50. The summed E-state index contributed by atoms with van der Waals surface area (Å²) >= 11 is 0. The Morgan fingerprint density at radius 2 is 2.35 bits per heavy atom. The molecule has 0 bridgehead atoms. The number of rotatable bonds is 5. The summed E-state index contributed by atoms with van der Waals surface area (Å²) in [5.41, 5.74) is 0. The minimum Gasteiger partial charge on any atom is -0.467 e. The van der Waals surface area contributed by atoms with Gasteiger partial charge in [-0.05, 0) is 18.2 Å². The van der Waals surface area contributed by atoms with Crippen molar-refractivity contribution in [2.75, 3.05) is 12.8 Å². The van der Waals surface area contributed by atoms with Crippen molar-refractivity contribution in [1.82, 2.24) is 14.5 Å². The molecule has 7 heteroatoms. The summed E-state index contributed by atoms with van der Waals surface area (Å²) in [4.78, 5) is 0. The van der Waals surface area contributed by atoms with Crippen molar-refractivity contribution in [2.45, 2.75) is 6.04 Å². The Labute approximate surface area is 99.3 Å². The Balaban J connectivity index is 2.20. The quantitative estimate of drug-likeness (QED) is 0.849. The molecule has 0 aliphatic carbocycles. The van der Waals surface area contributed by atoms with E-state index in [0.717, 1.165) is 6.26 Å². The molecule has 0 aliphatic rings. The third-order valence-corrected chi connectivity index (χ3v) is 2.95. The van der Waals surface area contributed by atoms with E-state index < -0.39 is 10.0 Å². The minimum atomic E-state index is -3.23. The predicted octanol–water partition coefficient (Wildman–Crippen LogP) is 0.615. The van der Waals surface area contributed by atoms with Crippen molar-refractivity contribution in [3.05, 3.63) is 42.6 Å². The zero-order valence-electron chi connectivity index (χ0n) is 9.28. The molecular formula is C10H13N3O3S. The molecule has 1 atom stereocenters. The van der Waals surface area contributed by atoms with Gasteiger partial charge in [0.2, 0.25) is 10.0 Å². The van der Waals surface area contributed by atoms with Crippen molar-refractivity contribution < 1.29 is 12.8 Å². The second kappa shape index (κ2) is 4.72. The third-order valence-electron chi connectivity index (χ3n) is 2.25. The van der Waals surface area contributed by atoms with Crippen molar-refractivity contribution in [3.63, 3.8) is 0 Å². The van der Waals surface area contributed by atoms with E-state index in [1.54, 1.807) is 41.5 Å². The number of aromatic nitrogens is 2. The van der Waals surface area contributed by atoms with E-state index in [1.807, 2.05) is 0 Å². The summed E-state index contributed by atoms with van der Waals surface area (Å²) in [6.45, 7) is 0.202. The monoisotopic (exact) mass is 255 g/mol. The van der Waals surface area contributed by atoms with E-state index in [-0.39, 0.29) is 12.6 Å². The molecule has 0 radical (unpaired) electrons. The highest BCUT2D eigenvalue weighted by molar-refractivity contribution is 7.88. The van der Waals surface area contributed by atoms with E-state index in [0.29, 0.717) is 5.76 Å². The van der Waals surface area contributed by atoms with Crippen LogP contribution in [0, 0.1) is 0 Å². The lowest BCUT2D eigenvalue weighted by Gasteiger charge is -2.15. The molecule has 0 spiro atoms. The van der Waals surface area contributed by atoms with Gasteiger partial charge in [0.1, 0.15) is 11.8 Å². The number of hydrogen-bond donors (Lipinski definition) is 1. The van der Waals surface area contributed by atoms with Gasteiger partial charge in [0.25, 0.3) is 0 Å². The first-order valence-corrected chi connectivity index (χ1v) is 6.92. The Hall–Kier alpha value is -1.60. The molecule has 0 aromatic carbocycles. The smallest absolute Gasteiger partial charge is 0.208 e. The summed E-state index contributed by atoms with van der Waals surface area (Å²) in [5, 5.41) is 4.10. The van der Waals surface area contributed by atoms with Gasteiger partial charge in [0.05, 0.1) is 12.5 Å². The molecule has 17 heavy (non-hydrogen) atoms. The Morgan fingerprint density at radius 3 is 2.88 bits per heavy atom. The first-order valence-electron chi connectivity index (χ1n) is 5.03. The molecule has 0 fully saturated rings. The molecule has 2 rings (SSSR count). The Morgan fingerprint density at radius 1 is 1.53 bits per heavy atom. The Kier molecular flexibility index (Phi) is 3.30. The molecular weight excluding hydrogens is 242 g/mol. The predicted molar refractivity (Wildman–Crippen MR) is 61.9 cm³/mol. The SMILES string of the molecule is CS(=O)(=O)NCC(c1ccco1)n1cccn1. The molecule has 0 saturated heterocycles. The van der Waals surface area contributed by atoms with Crippen LogP contribution in [0.2, 0.25) is 0 Å². The average molecular weight is 255 g/mol. The number of sulfonamides is 1. The van der Waals surface area contributed by atoms with Gasteiger partial charge in [-0.25, -0.2) is 13.1 Å². The Bertz CT molecular complexity index is 511. The van der Waals surface area contributed by atoms with E-state index in [2.05, 4.69) is 9.82 Å². The van der Waals surface area contributed by atoms with Crippen LogP contribution < -0.4 is 4.72 Å². The van der Waals surface area contributed by atoms with Crippen molar-refractivity contribution >= 4 is 10.0 Å². The second-order valence-electron chi connectivity index (χ2n) is 3.64. The maximum Gasteiger partial charge on any atom is 0.208 e. The fourth-order valence-corrected chi connectivity index (χ4v) is 1.96. The number of hydrogen-bond acceptors (Lipinski definition) is 4. The van der Waals surface area contributed by atoms with Crippen molar-refractivity contribution in [2.24, 2.45) is 0 Å². The summed E-state index contributed by atoms with van der Waals surface area (Å²) < 4.78 is 31.6. The van der Waals surface area contributed by atoms with Gasteiger partial charge >= 0.3 is 0 Å². The van der Waals surface area contributed by atoms with Crippen molar-refractivity contribution in [3.8, 4) is 0 Å². The lowest BCUT2D eigenvalue weighted by molar-refractivity contribution is 0.403. The number of nitrogens with zero attached hydrogens (tertiary/aromatic N) is 2. The van der Waals surface area contributed by atoms with Gasteiger partial charge in [0, 0.05) is 18.9 Å². The summed E-state index contributed by atoms with van der Waals surface area (Å²) in [7, 11) is -3.23. The highest BCUT2D eigenvalue weighted by atomic mass is 32.2. The van der Waals surface area contributed by atoms with Crippen LogP contribution in [0.4, 0.5) is 0 Å². The van der Waals surface area contributed by atoms with Crippen LogP contribution >= 0.6 is 0 Å². The molecule has 2 heterocycles. The van der Waals surface area contributed by atoms with Crippen LogP contribution in [-0.4, -0.2) is 31.0 Å². The zero-order valence-corrected chi connectivity index (χ0v) is 10.1. The minimum absolute atomic E-state index is 0.202. The zero-order chi connectivity index (χ0) is 12.3. The van der Waals surface area contributed by atoms with Gasteiger partial charge in [-0.2, -0.15) is 5.10 Å². The third kappa shape index (κ3) is 3.18. The van der Waals surface area contributed by atoms with Crippen LogP contribution in [0.25, 0.3) is 0 Å². The van der Waals surface area contributed by atoms with E-state index >= 15 is 0 Å². The van der Waals surface area contributed by atoms with E-state index in [1.165, 1.54) is 0 Å². The largest absolute Gasteiger partial charge is 0.467 e. The summed E-state index contributed by atoms with van der Waals surface area (Å²) in [6, 6.07) is 5.04. The maximum absolute atomic E-state index is 11.1. The standard InChI is InChI=1S/C10H13N3O3S/c1-17(14,15)12-8-9(10-4-2-7-16-10)13-6-3-5-11-13/h2-7,9,12H,8H2,1H3. The highest BCUT2D eigenvalue weighted by Crippen LogP contribution is 2.17. The first kappa shape index (κ1) is 11.9. The second-order valence-corrected chi connectivity index (χ2v) is 5.47. The van der Waals surface area contributed by atoms with Gasteiger partial charge in [-0.15, -0.1) is 0 Å². The number of nitrogens with one attached hydrogen (secondary N) is 1. The van der Waals surface area contributed by atoms with E-state index in [4.69, 9.17) is 4.42 Å². The fraction of sp³-hybridized carbons (Fsp3) is 0.300. The van der Waals surface area contributed by atoms with Gasteiger partial charge < -0.3 is 4.42 Å². The normalized spacial score (nSPS) is 13.7. The summed E-state index contributed by atoms with van der Waals surface area (Å²) in [5.74, 6) is 0.657. The van der Waals surface area contributed by atoms with Gasteiger partial charge in [-0.3, -0.25) is 4.68 Å². The average Bonchev–Trinajstić information content (AvgIpc) is 2.86. The number of furan rings is 1. The molecule has 0 aliphatic heterocycles. The van der Waals surface area contributed by atoms with Gasteiger partial charge in [0.15, 0.2) is 0 Å². The molecule has 1 N–H and O–H groups in total. The molecule has 2 aromatic rings. The van der Waals surface area contributed by atoms with Crippen molar-refractivity contribution in [1.29, 1.82) is 0 Å². The topological polar surface area (TPSA) is 77.1 Å². The van der Waals surface area contributed by atoms with Crippen LogP contribution in [0.5, 0.6) is 0 Å². The summed E-state index contributed by atoms with van der Waals surface area (Å²) in [6.07, 6.45) is 6.06. The first-order chi connectivity index (χ1) is 8.06. The molecule has 6 nitrogen and oxygen atoms in total. The molecule has 1 unspecified atom stereocenters. The van der Waals surface area contributed by atoms with Crippen LogP contribution in [0.3, 0.4) is 0 Å². The molecule has 92 valence electrons. The van der Waals surface area contributed by atoms with E-state index in [9.17, 15) is 8.42 Å². The van der Waals surface area contributed by atoms with Crippen LogP contribution in [0.15, 0.2) is 41.3 Å². The lowest BCUT2D eigenvalue weighted by Crippen LogP contribution is -2.30. The molecule has 0 amide bonds. The molecule has 2 aromatic heterocycles. The molecule has 0 saturated carbocycles. The maximum atomic E-state index is 11.1. The lowest BCUT2D eigenvalue weighted by atomic mass is 10.2. The van der Waals surface area contributed by atoms with Gasteiger partial charge in [-0.1, -0.05) is 0 Å².